The molecule has 0 saturated heterocycles. The van der Waals surface area contributed by atoms with Crippen LogP contribution < -0.4 is 15.8 Å². The fourth-order valence-corrected chi connectivity index (χ4v) is 1.36. The molecule has 0 aliphatic rings. The maximum absolute atomic E-state index is 11.6. The largest absolute Gasteiger partial charge is 0.484 e. The van der Waals surface area contributed by atoms with Crippen LogP contribution in [0.3, 0.4) is 0 Å². The van der Waals surface area contributed by atoms with Gasteiger partial charge < -0.3 is 15.8 Å². The minimum Gasteiger partial charge on any atom is -0.484 e. The van der Waals surface area contributed by atoms with Crippen molar-refractivity contribution in [3.8, 4) is 5.75 Å². The maximum atomic E-state index is 11.6. The summed E-state index contributed by atoms with van der Waals surface area (Å²) in [5, 5.41) is 2.85. The van der Waals surface area contributed by atoms with E-state index in [1.807, 2.05) is 6.26 Å². The van der Waals surface area contributed by atoms with Crippen molar-refractivity contribution < 1.29 is 9.53 Å². The highest BCUT2D eigenvalue weighted by atomic mass is 32.2. The molecule has 0 atom stereocenters. The summed E-state index contributed by atoms with van der Waals surface area (Å²) in [6.07, 6.45) is 2.02. The molecule has 0 heterocycles. The van der Waals surface area contributed by atoms with Gasteiger partial charge in [0.1, 0.15) is 5.75 Å². The second-order valence-electron chi connectivity index (χ2n) is 4.60. The molecule has 4 nitrogen and oxygen atoms in total. The molecule has 1 aromatic rings. The van der Waals surface area contributed by atoms with Gasteiger partial charge in [0.15, 0.2) is 6.61 Å². The van der Waals surface area contributed by atoms with Gasteiger partial charge in [-0.15, -0.1) is 0 Å². The Hall–Kier alpha value is -1.36. The number of anilines is 1. The Kier molecular flexibility index (Phi) is 5.34. The van der Waals surface area contributed by atoms with Crippen molar-refractivity contribution in [1.29, 1.82) is 0 Å². The van der Waals surface area contributed by atoms with E-state index in [0.29, 0.717) is 18.0 Å². The lowest BCUT2D eigenvalue weighted by Gasteiger charge is -2.22. The van der Waals surface area contributed by atoms with E-state index in [2.05, 4.69) is 19.2 Å². The summed E-state index contributed by atoms with van der Waals surface area (Å²) in [7, 11) is 0. The number of thioether (sulfide) groups is 1. The summed E-state index contributed by atoms with van der Waals surface area (Å²) in [4.78, 5) is 11.6. The lowest BCUT2D eigenvalue weighted by Crippen LogP contribution is -2.38. The second-order valence-corrected chi connectivity index (χ2v) is 6.11. The molecule has 0 unspecified atom stereocenters. The molecule has 100 valence electrons. The van der Waals surface area contributed by atoms with E-state index in [9.17, 15) is 4.79 Å². The smallest absolute Gasteiger partial charge is 0.257 e. The van der Waals surface area contributed by atoms with Crippen LogP contribution in [0.15, 0.2) is 24.3 Å². The van der Waals surface area contributed by atoms with Gasteiger partial charge in [-0.2, -0.15) is 11.8 Å². The van der Waals surface area contributed by atoms with Gasteiger partial charge in [-0.05, 0) is 44.4 Å². The average molecular weight is 268 g/mol. The first kappa shape index (κ1) is 14.7. The number of hydrogen-bond acceptors (Lipinski definition) is 4. The molecule has 18 heavy (non-hydrogen) atoms. The molecule has 0 radical (unpaired) electrons. The number of nitrogens with two attached hydrogens (primary N) is 1. The number of ether oxygens (including phenoxy) is 1. The van der Waals surface area contributed by atoms with Gasteiger partial charge in [-0.1, -0.05) is 0 Å². The van der Waals surface area contributed by atoms with Crippen LogP contribution >= 0.6 is 11.8 Å². The number of benzene rings is 1. The molecule has 0 saturated carbocycles. The number of hydrogen-bond donors (Lipinski definition) is 2. The van der Waals surface area contributed by atoms with Crippen LogP contribution in [0.4, 0.5) is 5.69 Å². The van der Waals surface area contributed by atoms with Crippen molar-refractivity contribution in [2.75, 3.05) is 25.1 Å². The Labute approximate surface area is 112 Å². The number of amides is 1. The Morgan fingerprint density at radius 1 is 1.39 bits per heavy atom. The van der Waals surface area contributed by atoms with Crippen LogP contribution in [0.1, 0.15) is 13.8 Å². The van der Waals surface area contributed by atoms with Crippen molar-refractivity contribution >= 4 is 23.4 Å². The first-order valence-electron chi connectivity index (χ1n) is 5.73. The van der Waals surface area contributed by atoms with Gasteiger partial charge in [0.25, 0.3) is 5.91 Å². The van der Waals surface area contributed by atoms with Crippen molar-refractivity contribution in [3.63, 3.8) is 0 Å². The summed E-state index contributed by atoms with van der Waals surface area (Å²) in [6, 6.07) is 6.97. The zero-order chi connectivity index (χ0) is 13.6. The van der Waals surface area contributed by atoms with E-state index in [4.69, 9.17) is 10.5 Å². The number of nitrogen functional groups attached to an aromatic ring is 1. The summed E-state index contributed by atoms with van der Waals surface area (Å²) in [6.45, 7) is 4.81. The number of carbonyl (C=O) groups excluding carboxylic acids is 1. The van der Waals surface area contributed by atoms with Crippen molar-refractivity contribution in [2.24, 2.45) is 0 Å². The molecular formula is C13H20N2O2S. The number of rotatable bonds is 6. The predicted molar refractivity (Wildman–Crippen MR) is 77.0 cm³/mol. The fraction of sp³-hybridized carbons (Fsp3) is 0.462. The monoisotopic (exact) mass is 268 g/mol. The molecule has 1 amide bonds. The number of carbonyl (C=O) groups is 1. The molecule has 5 heteroatoms. The minimum absolute atomic E-state index is 0.0222. The summed E-state index contributed by atoms with van der Waals surface area (Å²) in [5.41, 5.74) is 6.23. The number of nitrogens with one attached hydrogen (secondary N) is 1. The Bertz CT molecular complexity index is 390. The molecule has 1 aromatic carbocycles. The van der Waals surface area contributed by atoms with Crippen LogP contribution in [0.5, 0.6) is 5.75 Å². The normalized spacial score (nSPS) is 11.1. The molecule has 1 rings (SSSR count). The highest BCUT2D eigenvalue weighted by Crippen LogP contribution is 2.19. The predicted octanol–water partition coefficient (Wildman–Crippen LogP) is 1.91. The highest BCUT2D eigenvalue weighted by Gasteiger charge is 2.16. The third-order valence-corrected chi connectivity index (χ3v) is 3.76. The molecule has 0 spiro atoms. The van der Waals surface area contributed by atoms with Crippen LogP contribution in [0.2, 0.25) is 0 Å². The summed E-state index contributed by atoms with van der Waals surface area (Å²) < 4.78 is 5.39. The Balaban J connectivity index is 2.31. The Morgan fingerprint density at radius 2 is 2.00 bits per heavy atom. The van der Waals surface area contributed by atoms with E-state index in [1.165, 1.54) is 0 Å². The van der Waals surface area contributed by atoms with Gasteiger partial charge in [-0.25, -0.2) is 0 Å². The van der Waals surface area contributed by atoms with Crippen LogP contribution in [-0.2, 0) is 4.79 Å². The van der Waals surface area contributed by atoms with Gasteiger partial charge in [0.05, 0.1) is 0 Å². The van der Waals surface area contributed by atoms with Gasteiger partial charge in [-0.3, -0.25) is 4.79 Å². The van der Waals surface area contributed by atoms with Crippen LogP contribution in [0.25, 0.3) is 0 Å². The van der Waals surface area contributed by atoms with Gasteiger partial charge >= 0.3 is 0 Å². The summed E-state index contributed by atoms with van der Waals surface area (Å²) in [5.74, 6) is 0.525. The third kappa shape index (κ3) is 5.31. The lowest BCUT2D eigenvalue weighted by molar-refractivity contribution is -0.123. The van der Waals surface area contributed by atoms with Crippen LogP contribution in [-0.4, -0.2) is 30.1 Å². The quantitative estimate of drug-likeness (QED) is 0.774. The topological polar surface area (TPSA) is 64.3 Å². The van der Waals surface area contributed by atoms with Gasteiger partial charge in [0, 0.05) is 17.0 Å². The van der Waals surface area contributed by atoms with Crippen molar-refractivity contribution in [2.45, 2.75) is 18.6 Å². The summed E-state index contributed by atoms with van der Waals surface area (Å²) >= 11 is 1.72. The molecule has 3 N–H and O–H groups in total. The second kappa shape index (κ2) is 6.54. The zero-order valence-corrected chi connectivity index (χ0v) is 11.8. The Morgan fingerprint density at radius 3 is 2.56 bits per heavy atom. The molecular weight excluding hydrogens is 248 g/mol. The van der Waals surface area contributed by atoms with E-state index in [1.54, 1.807) is 36.0 Å². The molecule has 0 fully saturated rings. The highest BCUT2D eigenvalue weighted by molar-refractivity contribution is 7.99. The average Bonchev–Trinajstić information content (AvgIpc) is 2.36. The lowest BCUT2D eigenvalue weighted by atomic mass is 10.2. The van der Waals surface area contributed by atoms with E-state index in [-0.39, 0.29) is 17.3 Å². The standard InChI is InChI=1S/C13H20N2O2S/c1-13(2,18-3)9-15-12(16)8-17-11-6-4-10(14)5-7-11/h4-7H,8-9,14H2,1-3H3,(H,15,16). The zero-order valence-electron chi connectivity index (χ0n) is 11.0. The first-order chi connectivity index (χ1) is 8.43. The maximum Gasteiger partial charge on any atom is 0.257 e. The molecule has 0 aliphatic heterocycles. The molecule has 0 bridgehead atoms. The van der Waals surface area contributed by atoms with E-state index >= 15 is 0 Å². The van der Waals surface area contributed by atoms with Gasteiger partial charge in [0.2, 0.25) is 0 Å². The minimum atomic E-state index is -0.117. The first-order valence-corrected chi connectivity index (χ1v) is 6.95. The van der Waals surface area contributed by atoms with Crippen molar-refractivity contribution in [3.05, 3.63) is 24.3 Å². The molecule has 0 aromatic heterocycles. The molecule has 0 aliphatic carbocycles. The third-order valence-electron chi connectivity index (χ3n) is 2.51. The van der Waals surface area contributed by atoms with E-state index in [0.717, 1.165) is 0 Å². The SMILES string of the molecule is CSC(C)(C)CNC(=O)COc1ccc(N)cc1. The van der Waals surface area contributed by atoms with E-state index < -0.39 is 0 Å². The van der Waals surface area contributed by atoms with Crippen molar-refractivity contribution in [1.82, 2.24) is 5.32 Å². The fourth-order valence-electron chi connectivity index (χ4n) is 1.15. The van der Waals surface area contributed by atoms with Crippen LogP contribution in [0, 0.1) is 0 Å².